The Labute approximate surface area is 157 Å². The van der Waals surface area contributed by atoms with E-state index in [9.17, 15) is 14.7 Å². The van der Waals surface area contributed by atoms with Crippen molar-refractivity contribution in [3.63, 3.8) is 0 Å². The van der Waals surface area contributed by atoms with E-state index in [-0.39, 0.29) is 11.3 Å². The number of carbonyl (C=O) groups excluding carboxylic acids is 2. The molecule has 0 spiro atoms. The molecule has 7 nitrogen and oxygen atoms in total. The lowest BCUT2D eigenvalue weighted by Gasteiger charge is -2.27. The number of methoxy groups -OCH3 is 1. The van der Waals surface area contributed by atoms with E-state index < -0.39 is 23.5 Å². The maximum atomic E-state index is 13.0. The highest BCUT2D eigenvalue weighted by atomic mass is 16.5. The van der Waals surface area contributed by atoms with E-state index in [4.69, 9.17) is 9.15 Å². The number of furan rings is 1. The Bertz CT molecular complexity index is 870. The van der Waals surface area contributed by atoms with Crippen molar-refractivity contribution in [3.05, 3.63) is 65.3 Å². The number of quaternary nitrogens is 1. The average molecular weight is 371 g/mol. The Morgan fingerprint density at radius 3 is 2.70 bits per heavy atom. The molecular weight excluding hydrogens is 348 g/mol. The van der Waals surface area contributed by atoms with E-state index >= 15 is 0 Å². The fourth-order valence-electron chi connectivity index (χ4n) is 3.16. The van der Waals surface area contributed by atoms with Gasteiger partial charge in [0.15, 0.2) is 11.5 Å². The summed E-state index contributed by atoms with van der Waals surface area (Å²) in [4.78, 5) is 28.4. The molecule has 7 heteroatoms. The third-order valence-corrected chi connectivity index (χ3v) is 4.56. The first-order valence-corrected chi connectivity index (χ1v) is 8.69. The predicted molar refractivity (Wildman–Crippen MR) is 97.8 cm³/mol. The molecule has 2 N–H and O–H groups in total. The largest absolute Gasteiger partial charge is 0.503 e. The van der Waals surface area contributed by atoms with Gasteiger partial charge >= 0.3 is 0 Å². The number of hydrogen-bond acceptors (Lipinski definition) is 5. The summed E-state index contributed by atoms with van der Waals surface area (Å²) in [6.07, 6.45) is 1.38. The van der Waals surface area contributed by atoms with Crippen LogP contribution in [0.1, 0.15) is 22.2 Å². The van der Waals surface area contributed by atoms with Gasteiger partial charge in [-0.25, -0.2) is 0 Å². The number of aliphatic hydroxyl groups excluding tert-OH is 1. The van der Waals surface area contributed by atoms with Crippen molar-refractivity contribution < 1.29 is 28.7 Å². The van der Waals surface area contributed by atoms with Crippen LogP contribution in [0.25, 0.3) is 0 Å². The smallest absolute Gasteiger partial charge is 0.290 e. The third kappa shape index (κ3) is 3.59. The summed E-state index contributed by atoms with van der Waals surface area (Å²) in [6.45, 7) is 1.06. The second-order valence-electron chi connectivity index (χ2n) is 6.70. The standard InChI is InChI=1S/C20H22N2O5/c1-21(2)9-10-22-17(13-6-4-7-14(12-13)26-3)16(19(24)20(22)25)18(23)15-8-5-11-27-15/h4-8,11-12,17,24H,9-10H2,1-3H3/p+1/t17-/m0/s1. The normalized spacial score (nSPS) is 17.1. The number of nitrogens with zero attached hydrogens (tertiary/aromatic N) is 1. The summed E-state index contributed by atoms with van der Waals surface area (Å²) in [5, 5.41) is 10.5. The van der Waals surface area contributed by atoms with Crippen molar-refractivity contribution in [1.29, 1.82) is 0 Å². The molecule has 1 atom stereocenters. The number of likely N-dealkylation sites (N-methyl/N-ethyl adjacent to an activating group) is 1. The second-order valence-corrected chi connectivity index (χ2v) is 6.70. The number of ketones is 1. The zero-order valence-corrected chi connectivity index (χ0v) is 15.6. The van der Waals surface area contributed by atoms with Crippen LogP contribution < -0.4 is 9.64 Å². The number of nitrogens with one attached hydrogen (secondary N) is 1. The van der Waals surface area contributed by atoms with Gasteiger partial charge in [-0.3, -0.25) is 9.59 Å². The van der Waals surface area contributed by atoms with E-state index in [1.807, 2.05) is 20.2 Å². The van der Waals surface area contributed by atoms with Crippen LogP contribution in [0.15, 0.2) is 58.4 Å². The molecule has 0 saturated heterocycles. The first-order valence-electron chi connectivity index (χ1n) is 8.69. The fourth-order valence-corrected chi connectivity index (χ4v) is 3.16. The molecule has 0 aliphatic carbocycles. The lowest BCUT2D eigenvalue weighted by atomic mass is 9.95. The van der Waals surface area contributed by atoms with Crippen molar-refractivity contribution in [1.82, 2.24) is 4.90 Å². The second kappa shape index (κ2) is 7.67. The molecular formula is C20H23N2O5+. The Balaban J connectivity index is 2.07. The summed E-state index contributed by atoms with van der Waals surface area (Å²) >= 11 is 0. The molecule has 1 aromatic carbocycles. The molecule has 0 radical (unpaired) electrons. The highest BCUT2D eigenvalue weighted by Crippen LogP contribution is 2.39. The SMILES string of the molecule is COc1cccc([C@H]2C(C(=O)c3ccco3)=C(O)C(=O)N2CC[NH+](C)C)c1. The molecule has 0 saturated carbocycles. The Kier molecular flexibility index (Phi) is 5.32. The van der Waals surface area contributed by atoms with Gasteiger partial charge < -0.3 is 24.1 Å². The first kappa shape index (κ1) is 18.7. The summed E-state index contributed by atoms with van der Waals surface area (Å²) in [5.41, 5.74) is 0.715. The molecule has 1 aliphatic heterocycles. The van der Waals surface area contributed by atoms with E-state index in [1.54, 1.807) is 31.4 Å². The molecule has 3 rings (SSSR count). The van der Waals surface area contributed by atoms with Crippen molar-refractivity contribution in [2.75, 3.05) is 34.3 Å². The Morgan fingerprint density at radius 1 is 1.30 bits per heavy atom. The molecule has 2 heterocycles. The number of amides is 1. The van der Waals surface area contributed by atoms with Gasteiger partial charge in [-0.1, -0.05) is 12.1 Å². The lowest BCUT2D eigenvalue weighted by molar-refractivity contribution is -0.857. The number of hydrogen-bond donors (Lipinski definition) is 2. The van der Waals surface area contributed by atoms with Gasteiger partial charge in [0.2, 0.25) is 5.78 Å². The first-order chi connectivity index (χ1) is 12.9. The monoisotopic (exact) mass is 371 g/mol. The Hall–Kier alpha value is -3.06. The van der Waals surface area contributed by atoms with Crippen LogP contribution >= 0.6 is 0 Å². The van der Waals surface area contributed by atoms with Crippen molar-refractivity contribution in [2.24, 2.45) is 0 Å². The molecule has 0 bridgehead atoms. The maximum absolute atomic E-state index is 13.0. The summed E-state index contributed by atoms with van der Waals surface area (Å²) in [6, 6.07) is 9.55. The van der Waals surface area contributed by atoms with Gasteiger partial charge in [-0.05, 0) is 29.8 Å². The van der Waals surface area contributed by atoms with Crippen molar-refractivity contribution in [3.8, 4) is 5.75 Å². The number of aliphatic hydroxyl groups is 1. The molecule has 1 amide bonds. The fraction of sp³-hybridized carbons (Fsp3) is 0.300. The van der Waals surface area contributed by atoms with E-state index in [0.717, 1.165) is 4.90 Å². The van der Waals surface area contributed by atoms with Crippen LogP contribution in [0, 0.1) is 0 Å². The lowest BCUT2D eigenvalue weighted by Crippen LogP contribution is -3.06. The summed E-state index contributed by atoms with van der Waals surface area (Å²) < 4.78 is 10.5. The molecule has 1 aliphatic rings. The molecule has 0 unspecified atom stereocenters. The van der Waals surface area contributed by atoms with Crippen LogP contribution in [0.4, 0.5) is 0 Å². The number of rotatable bonds is 7. The van der Waals surface area contributed by atoms with Gasteiger partial charge in [0.05, 0.1) is 52.2 Å². The topological polar surface area (TPSA) is 84.4 Å². The van der Waals surface area contributed by atoms with Crippen LogP contribution in [0.2, 0.25) is 0 Å². The van der Waals surface area contributed by atoms with Gasteiger partial charge in [0.1, 0.15) is 5.75 Å². The molecule has 0 fully saturated rings. The number of benzene rings is 1. The van der Waals surface area contributed by atoms with E-state index in [2.05, 4.69) is 0 Å². The number of ether oxygens (including phenoxy) is 1. The third-order valence-electron chi connectivity index (χ3n) is 4.56. The van der Waals surface area contributed by atoms with Crippen molar-refractivity contribution >= 4 is 11.7 Å². The Morgan fingerprint density at radius 2 is 2.07 bits per heavy atom. The minimum absolute atomic E-state index is 0.0250. The zero-order chi connectivity index (χ0) is 19.6. The number of carbonyl (C=O) groups is 2. The predicted octanol–water partition coefficient (Wildman–Crippen LogP) is 1.01. The highest BCUT2D eigenvalue weighted by molar-refractivity contribution is 6.15. The van der Waals surface area contributed by atoms with Gasteiger partial charge in [0, 0.05) is 0 Å². The highest BCUT2D eigenvalue weighted by Gasteiger charge is 2.44. The van der Waals surface area contributed by atoms with Gasteiger partial charge in [-0.15, -0.1) is 0 Å². The van der Waals surface area contributed by atoms with Crippen LogP contribution in [-0.4, -0.2) is 56.0 Å². The maximum Gasteiger partial charge on any atom is 0.290 e. The van der Waals surface area contributed by atoms with E-state index in [1.165, 1.54) is 17.2 Å². The average Bonchev–Trinajstić information content (AvgIpc) is 3.28. The quantitative estimate of drug-likeness (QED) is 0.710. The summed E-state index contributed by atoms with van der Waals surface area (Å²) in [7, 11) is 5.50. The van der Waals surface area contributed by atoms with E-state index in [0.29, 0.717) is 24.4 Å². The molecule has 2 aromatic rings. The van der Waals surface area contributed by atoms with Gasteiger partial charge in [0.25, 0.3) is 5.91 Å². The van der Waals surface area contributed by atoms with Crippen LogP contribution in [0.3, 0.4) is 0 Å². The minimum atomic E-state index is -0.704. The zero-order valence-electron chi connectivity index (χ0n) is 15.6. The van der Waals surface area contributed by atoms with Gasteiger partial charge in [-0.2, -0.15) is 0 Å². The molecule has 27 heavy (non-hydrogen) atoms. The molecule has 1 aromatic heterocycles. The van der Waals surface area contributed by atoms with Crippen LogP contribution in [0.5, 0.6) is 5.75 Å². The summed E-state index contributed by atoms with van der Waals surface area (Å²) in [5.74, 6) is -0.901. The minimum Gasteiger partial charge on any atom is -0.503 e. The molecule has 142 valence electrons. The van der Waals surface area contributed by atoms with Crippen molar-refractivity contribution in [2.45, 2.75) is 6.04 Å². The van der Waals surface area contributed by atoms with Crippen LogP contribution in [-0.2, 0) is 4.79 Å². The number of Topliss-reactive ketones (excluding diaryl/α,β-unsaturated/α-hetero) is 1.